The van der Waals surface area contributed by atoms with Gasteiger partial charge >= 0.3 is 6.09 Å². The predicted molar refractivity (Wildman–Crippen MR) is 57.5 cm³/mol. The number of amides is 2. The number of alkyl carbamates (subject to hydrolysis) is 1. The first-order valence-corrected chi connectivity index (χ1v) is 5.03. The molecule has 0 bridgehead atoms. The molecule has 15 heavy (non-hydrogen) atoms. The zero-order chi connectivity index (χ0) is 11.6. The zero-order valence-corrected chi connectivity index (χ0v) is 9.66. The lowest BCUT2D eigenvalue weighted by atomic mass is 10.1. The molecule has 0 unspecified atom stereocenters. The van der Waals surface area contributed by atoms with E-state index in [1.165, 1.54) is 6.92 Å². The summed E-state index contributed by atoms with van der Waals surface area (Å²) in [5.41, 5.74) is -0.478. The van der Waals surface area contributed by atoms with Crippen LogP contribution in [0.2, 0.25) is 0 Å². The maximum atomic E-state index is 11.3. The molecule has 2 amide bonds. The highest BCUT2D eigenvalue weighted by Gasteiger charge is 2.30. The van der Waals surface area contributed by atoms with Gasteiger partial charge in [0.2, 0.25) is 5.91 Å². The van der Waals surface area contributed by atoms with Crippen molar-refractivity contribution in [2.24, 2.45) is 0 Å². The molecular formula is C10H20N2O3. The van der Waals surface area contributed by atoms with E-state index in [-0.39, 0.29) is 13.4 Å². The standard InChI is InChI=1S/C10H18N2O3.H2/c1-7(13)12-5-8(6-12)11-9(14)15-10(2,3)4;/h8H,5-6H2,1-4H3,(H,11,14);1H. The summed E-state index contributed by atoms with van der Waals surface area (Å²) in [4.78, 5) is 23.8. The third kappa shape index (κ3) is 3.77. The number of hydrogen-bond acceptors (Lipinski definition) is 3. The highest BCUT2D eigenvalue weighted by atomic mass is 16.6. The van der Waals surface area contributed by atoms with Crippen LogP contribution in [-0.4, -0.2) is 41.6 Å². The van der Waals surface area contributed by atoms with Crippen LogP contribution in [0, 0.1) is 0 Å². The van der Waals surface area contributed by atoms with Crippen LogP contribution >= 0.6 is 0 Å². The molecule has 0 aliphatic carbocycles. The first kappa shape index (κ1) is 11.8. The van der Waals surface area contributed by atoms with E-state index in [4.69, 9.17) is 4.74 Å². The number of carbonyl (C=O) groups is 2. The lowest BCUT2D eigenvalue weighted by Crippen LogP contribution is -2.60. The van der Waals surface area contributed by atoms with Crippen molar-refractivity contribution in [3.05, 3.63) is 0 Å². The summed E-state index contributed by atoms with van der Waals surface area (Å²) in [6.07, 6.45) is -0.421. The Balaban J connectivity index is 0.00000225. The highest BCUT2D eigenvalue weighted by Crippen LogP contribution is 2.10. The van der Waals surface area contributed by atoms with Crippen molar-refractivity contribution in [2.45, 2.75) is 39.3 Å². The van der Waals surface area contributed by atoms with Gasteiger partial charge in [-0.1, -0.05) is 0 Å². The number of rotatable bonds is 1. The van der Waals surface area contributed by atoms with Gasteiger partial charge in [0.05, 0.1) is 6.04 Å². The van der Waals surface area contributed by atoms with Gasteiger partial charge in [-0.3, -0.25) is 4.79 Å². The van der Waals surface area contributed by atoms with Gasteiger partial charge in [0.25, 0.3) is 0 Å². The number of carbonyl (C=O) groups excluding carboxylic acids is 2. The third-order valence-electron chi connectivity index (χ3n) is 2.05. The Hall–Kier alpha value is -1.26. The summed E-state index contributed by atoms with van der Waals surface area (Å²) in [5.74, 6) is 0.0391. The molecule has 5 nitrogen and oxygen atoms in total. The molecule has 0 atom stereocenters. The molecule has 88 valence electrons. The Labute approximate surface area is 91.2 Å². The van der Waals surface area contributed by atoms with Gasteiger partial charge in [-0.05, 0) is 20.8 Å². The Kier molecular flexibility index (Phi) is 3.21. The summed E-state index contributed by atoms with van der Waals surface area (Å²) in [6.45, 7) is 8.12. The monoisotopic (exact) mass is 216 g/mol. The fourth-order valence-corrected chi connectivity index (χ4v) is 1.30. The van der Waals surface area contributed by atoms with E-state index >= 15 is 0 Å². The number of nitrogens with one attached hydrogen (secondary N) is 1. The van der Waals surface area contributed by atoms with Crippen molar-refractivity contribution < 1.29 is 15.8 Å². The fourth-order valence-electron chi connectivity index (χ4n) is 1.30. The third-order valence-corrected chi connectivity index (χ3v) is 2.05. The lowest BCUT2D eigenvalue weighted by Gasteiger charge is -2.39. The second-order valence-corrected chi connectivity index (χ2v) is 4.77. The smallest absolute Gasteiger partial charge is 0.407 e. The summed E-state index contributed by atoms with van der Waals surface area (Å²) < 4.78 is 5.09. The minimum atomic E-state index is -0.478. The van der Waals surface area contributed by atoms with Crippen LogP contribution in [0.1, 0.15) is 29.1 Å². The molecule has 1 saturated heterocycles. The summed E-state index contributed by atoms with van der Waals surface area (Å²) in [7, 11) is 0. The SMILES string of the molecule is CC(=O)N1CC(NC(=O)OC(C)(C)C)C1.[HH]. The van der Waals surface area contributed by atoms with Crippen molar-refractivity contribution in [1.82, 2.24) is 10.2 Å². The molecular weight excluding hydrogens is 196 g/mol. The molecule has 0 radical (unpaired) electrons. The van der Waals surface area contributed by atoms with Crippen LogP contribution in [0.25, 0.3) is 0 Å². The normalized spacial score (nSPS) is 16.9. The molecule has 0 aromatic carbocycles. The molecule has 0 aromatic rings. The van der Waals surface area contributed by atoms with Gasteiger partial charge in [-0.2, -0.15) is 0 Å². The Bertz CT molecular complexity index is 270. The molecule has 5 heteroatoms. The van der Waals surface area contributed by atoms with Gasteiger partial charge in [-0.15, -0.1) is 0 Å². The molecule has 1 aliphatic heterocycles. The van der Waals surface area contributed by atoms with E-state index in [1.54, 1.807) is 4.90 Å². The molecule has 1 N–H and O–H groups in total. The second kappa shape index (κ2) is 4.08. The topological polar surface area (TPSA) is 58.6 Å². The van der Waals surface area contributed by atoms with Crippen molar-refractivity contribution in [1.29, 1.82) is 0 Å². The van der Waals surface area contributed by atoms with Gasteiger partial charge in [-0.25, -0.2) is 4.79 Å². The van der Waals surface area contributed by atoms with E-state index in [0.717, 1.165) is 0 Å². The van der Waals surface area contributed by atoms with Crippen LogP contribution in [-0.2, 0) is 9.53 Å². The Morgan fingerprint density at radius 1 is 1.40 bits per heavy atom. The van der Waals surface area contributed by atoms with E-state index < -0.39 is 11.7 Å². The van der Waals surface area contributed by atoms with Gasteiger partial charge < -0.3 is 15.0 Å². The lowest BCUT2D eigenvalue weighted by molar-refractivity contribution is -0.133. The summed E-state index contributed by atoms with van der Waals surface area (Å²) >= 11 is 0. The minimum absolute atomic E-state index is 0. The van der Waals surface area contributed by atoms with Gasteiger partial charge in [0.15, 0.2) is 0 Å². The maximum absolute atomic E-state index is 11.3. The fraction of sp³-hybridized carbons (Fsp3) is 0.800. The molecule has 1 heterocycles. The maximum Gasteiger partial charge on any atom is 0.407 e. The molecule has 1 fully saturated rings. The van der Waals surface area contributed by atoms with Crippen LogP contribution in [0.15, 0.2) is 0 Å². The van der Waals surface area contributed by atoms with Crippen LogP contribution in [0.3, 0.4) is 0 Å². The first-order valence-electron chi connectivity index (χ1n) is 5.03. The largest absolute Gasteiger partial charge is 0.444 e. The Morgan fingerprint density at radius 3 is 2.33 bits per heavy atom. The average Bonchev–Trinajstić information content (AvgIpc) is 1.91. The highest BCUT2D eigenvalue weighted by molar-refractivity contribution is 5.75. The molecule has 0 saturated carbocycles. The number of nitrogens with zero attached hydrogens (tertiary/aromatic N) is 1. The van der Waals surface area contributed by atoms with Crippen molar-refractivity contribution in [2.75, 3.05) is 13.1 Å². The van der Waals surface area contributed by atoms with E-state index in [9.17, 15) is 9.59 Å². The van der Waals surface area contributed by atoms with Crippen LogP contribution < -0.4 is 5.32 Å². The van der Waals surface area contributed by atoms with E-state index in [2.05, 4.69) is 5.32 Å². The molecule has 0 aromatic heterocycles. The zero-order valence-electron chi connectivity index (χ0n) is 9.66. The summed E-state index contributed by atoms with van der Waals surface area (Å²) in [5, 5.41) is 2.70. The quantitative estimate of drug-likeness (QED) is 0.711. The van der Waals surface area contributed by atoms with E-state index in [0.29, 0.717) is 13.1 Å². The summed E-state index contributed by atoms with van der Waals surface area (Å²) in [6, 6.07) is 0.0312. The predicted octanol–water partition coefficient (Wildman–Crippen LogP) is 0.988. The number of likely N-dealkylation sites (tertiary alicyclic amines) is 1. The second-order valence-electron chi connectivity index (χ2n) is 4.77. The first-order chi connectivity index (χ1) is 6.78. The number of hydrogen-bond donors (Lipinski definition) is 1. The number of ether oxygens (including phenoxy) is 1. The van der Waals surface area contributed by atoms with Gasteiger partial charge in [0.1, 0.15) is 5.60 Å². The molecule has 0 spiro atoms. The Morgan fingerprint density at radius 2 is 1.93 bits per heavy atom. The van der Waals surface area contributed by atoms with Gasteiger partial charge in [0, 0.05) is 21.4 Å². The van der Waals surface area contributed by atoms with Crippen molar-refractivity contribution in [3.8, 4) is 0 Å². The van der Waals surface area contributed by atoms with E-state index in [1.807, 2.05) is 20.8 Å². The van der Waals surface area contributed by atoms with Crippen molar-refractivity contribution in [3.63, 3.8) is 0 Å². The molecule has 1 aliphatic rings. The molecule has 1 rings (SSSR count). The average molecular weight is 216 g/mol. The van der Waals surface area contributed by atoms with Crippen LogP contribution in [0.5, 0.6) is 0 Å². The minimum Gasteiger partial charge on any atom is -0.444 e. The van der Waals surface area contributed by atoms with Crippen molar-refractivity contribution >= 4 is 12.0 Å². The van der Waals surface area contributed by atoms with Crippen LogP contribution in [0.4, 0.5) is 4.79 Å².